The molecule has 0 aliphatic carbocycles. The van der Waals surface area contributed by atoms with Gasteiger partial charge in [0.2, 0.25) is 0 Å². The smallest absolute Gasteiger partial charge is 0.184 e. The van der Waals surface area contributed by atoms with Crippen LogP contribution >= 0.6 is 0 Å². The van der Waals surface area contributed by atoms with E-state index in [0.717, 1.165) is 12.8 Å². The molecule has 0 unspecified atom stereocenters. The monoisotopic (exact) mass is 432 g/mol. The molecular formula is C24H48O6. The molecule has 1 heterocycles. The number of hydrogen-bond donors (Lipinski definition) is 4. The van der Waals surface area contributed by atoms with Crippen molar-refractivity contribution in [2.45, 2.75) is 140 Å². The summed E-state index contributed by atoms with van der Waals surface area (Å²) in [5.41, 5.74) is 0. The summed E-state index contributed by atoms with van der Waals surface area (Å²) < 4.78 is 10.6. The van der Waals surface area contributed by atoms with Crippen LogP contribution < -0.4 is 0 Å². The molecule has 1 aliphatic heterocycles. The Kier molecular flexibility index (Phi) is 17.0. The van der Waals surface area contributed by atoms with E-state index in [9.17, 15) is 15.3 Å². The molecule has 0 amide bonds. The quantitative estimate of drug-likeness (QED) is 0.230. The molecule has 1 aliphatic rings. The van der Waals surface area contributed by atoms with Gasteiger partial charge in [-0.3, -0.25) is 0 Å². The summed E-state index contributed by atoms with van der Waals surface area (Å²) in [5.74, 6) is 0. The van der Waals surface area contributed by atoms with Crippen LogP contribution in [0.1, 0.15) is 110 Å². The molecule has 0 saturated carbocycles. The minimum atomic E-state index is -1.33. The number of hydrogen-bond acceptors (Lipinski definition) is 6. The van der Waals surface area contributed by atoms with E-state index >= 15 is 0 Å². The average Bonchev–Trinajstić information content (AvgIpc) is 2.74. The second-order valence-electron chi connectivity index (χ2n) is 8.87. The van der Waals surface area contributed by atoms with Gasteiger partial charge in [0.15, 0.2) is 6.29 Å². The molecule has 0 bridgehead atoms. The third kappa shape index (κ3) is 12.0. The molecule has 4 N–H and O–H groups in total. The second kappa shape index (κ2) is 18.3. The Morgan fingerprint density at radius 3 is 1.50 bits per heavy atom. The van der Waals surface area contributed by atoms with Gasteiger partial charge in [0.25, 0.3) is 0 Å². The third-order valence-corrected chi connectivity index (χ3v) is 6.15. The number of rotatable bonds is 19. The van der Waals surface area contributed by atoms with Crippen molar-refractivity contribution in [1.82, 2.24) is 0 Å². The van der Waals surface area contributed by atoms with E-state index in [-0.39, 0.29) is 0 Å². The average molecular weight is 433 g/mol. The minimum Gasteiger partial charge on any atom is -0.394 e. The van der Waals surface area contributed by atoms with Crippen LogP contribution in [0, 0.1) is 0 Å². The molecule has 6 nitrogen and oxygen atoms in total. The molecule has 0 aromatic heterocycles. The predicted octanol–water partition coefficient (Wildman–Crippen LogP) is 4.06. The molecule has 1 saturated heterocycles. The first-order valence-electron chi connectivity index (χ1n) is 12.5. The van der Waals surface area contributed by atoms with Crippen LogP contribution in [-0.4, -0.2) is 64.3 Å². The van der Waals surface area contributed by atoms with Crippen LogP contribution in [0.3, 0.4) is 0 Å². The molecule has 0 spiro atoms. The van der Waals surface area contributed by atoms with Crippen molar-refractivity contribution >= 4 is 0 Å². The van der Waals surface area contributed by atoms with Gasteiger partial charge in [0.05, 0.1) is 6.61 Å². The minimum absolute atomic E-state index is 0.414. The van der Waals surface area contributed by atoms with Crippen molar-refractivity contribution < 1.29 is 29.9 Å². The summed E-state index contributed by atoms with van der Waals surface area (Å²) in [6, 6.07) is 0. The zero-order valence-corrected chi connectivity index (χ0v) is 19.2. The van der Waals surface area contributed by atoms with Gasteiger partial charge in [-0.15, -0.1) is 0 Å². The lowest BCUT2D eigenvalue weighted by Crippen LogP contribution is -2.59. The van der Waals surface area contributed by atoms with Crippen molar-refractivity contribution in [3.8, 4) is 0 Å². The van der Waals surface area contributed by atoms with Gasteiger partial charge in [-0.1, -0.05) is 103 Å². The maximum absolute atomic E-state index is 10.0. The molecule has 180 valence electrons. The van der Waals surface area contributed by atoms with E-state index in [1.807, 2.05) is 0 Å². The van der Waals surface area contributed by atoms with Crippen LogP contribution in [0.15, 0.2) is 0 Å². The lowest BCUT2D eigenvalue weighted by atomic mass is 9.99. The first kappa shape index (κ1) is 27.8. The fourth-order valence-corrected chi connectivity index (χ4v) is 4.12. The number of unbranched alkanes of at least 4 members (excludes halogenated alkanes) is 15. The Morgan fingerprint density at radius 2 is 1.07 bits per heavy atom. The van der Waals surface area contributed by atoms with Crippen LogP contribution in [0.4, 0.5) is 0 Å². The maximum Gasteiger partial charge on any atom is 0.184 e. The molecule has 6 heteroatoms. The van der Waals surface area contributed by atoms with Gasteiger partial charge in [0.1, 0.15) is 24.4 Å². The van der Waals surface area contributed by atoms with Crippen LogP contribution in [-0.2, 0) is 9.47 Å². The highest BCUT2D eigenvalue weighted by molar-refractivity contribution is 4.89. The molecule has 5 atom stereocenters. The summed E-state index contributed by atoms with van der Waals surface area (Å²) in [4.78, 5) is 0. The van der Waals surface area contributed by atoms with Crippen molar-refractivity contribution in [1.29, 1.82) is 0 Å². The standard InChI is InChI=1S/C24H48O6/c1-2-3-4-5-6-7-8-9-10-11-12-13-14-15-16-17-18-29-23-22(27)21(26)20(19-25)30-24(23)28/h20-28H,2-19H2,1H3/t20-,21-,22+,23-,24+/m1/s1. The van der Waals surface area contributed by atoms with Crippen molar-refractivity contribution in [2.24, 2.45) is 0 Å². The number of ether oxygens (including phenoxy) is 2. The van der Waals surface area contributed by atoms with Crippen molar-refractivity contribution in [2.75, 3.05) is 13.2 Å². The van der Waals surface area contributed by atoms with Crippen molar-refractivity contribution in [3.63, 3.8) is 0 Å². The summed E-state index contributed by atoms with van der Waals surface area (Å²) >= 11 is 0. The lowest BCUT2D eigenvalue weighted by molar-refractivity contribution is -0.296. The largest absolute Gasteiger partial charge is 0.394 e. The Balaban J connectivity index is 1.86. The third-order valence-electron chi connectivity index (χ3n) is 6.15. The molecule has 1 rings (SSSR count). The zero-order valence-electron chi connectivity index (χ0n) is 19.2. The van der Waals surface area contributed by atoms with Gasteiger partial charge >= 0.3 is 0 Å². The van der Waals surface area contributed by atoms with Gasteiger partial charge in [-0.2, -0.15) is 0 Å². The van der Waals surface area contributed by atoms with E-state index in [2.05, 4.69) is 6.92 Å². The van der Waals surface area contributed by atoms with E-state index in [4.69, 9.17) is 14.6 Å². The SMILES string of the molecule is CCCCCCCCCCCCCCCCCCO[C@@H]1[C@@H](O)[C@H](O)[C@@H](CO)O[C@@H]1O. The highest BCUT2D eigenvalue weighted by Gasteiger charge is 2.44. The Hall–Kier alpha value is -0.240. The highest BCUT2D eigenvalue weighted by atomic mass is 16.7. The Bertz CT molecular complexity index is 381. The zero-order chi connectivity index (χ0) is 22.0. The van der Waals surface area contributed by atoms with Crippen molar-refractivity contribution in [3.05, 3.63) is 0 Å². The van der Waals surface area contributed by atoms with E-state index in [1.165, 1.54) is 89.9 Å². The van der Waals surface area contributed by atoms with Gasteiger partial charge in [-0.05, 0) is 6.42 Å². The summed E-state index contributed by atoms with van der Waals surface area (Å²) in [6.45, 7) is 2.22. The van der Waals surface area contributed by atoms with Crippen LogP contribution in [0.2, 0.25) is 0 Å². The number of aliphatic hydroxyl groups is 4. The fourth-order valence-electron chi connectivity index (χ4n) is 4.12. The van der Waals surface area contributed by atoms with Crippen LogP contribution in [0.5, 0.6) is 0 Å². The molecule has 0 aromatic carbocycles. The van der Waals surface area contributed by atoms with E-state index in [1.54, 1.807) is 0 Å². The van der Waals surface area contributed by atoms with Crippen LogP contribution in [0.25, 0.3) is 0 Å². The maximum atomic E-state index is 10.0. The van der Waals surface area contributed by atoms with Gasteiger partial charge in [-0.25, -0.2) is 0 Å². The first-order valence-corrected chi connectivity index (χ1v) is 12.5. The second-order valence-corrected chi connectivity index (χ2v) is 8.87. The fraction of sp³-hybridized carbons (Fsp3) is 1.00. The Labute approximate surface area is 184 Å². The highest BCUT2D eigenvalue weighted by Crippen LogP contribution is 2.22. The molecule has 0 aromatic rings. The Morgan fingerprint density at radius 1 is 0.633 bits per heavy atom. The normalized spacial score (nSPS) is 26.9. The molecule has 30 heavy (non-hydrogen) atoms. The molecule has 0 radical (unpaired) electrons. The van der Waals surface area contributed by atoms with E-state index < -0.39 is 37.3 Å². The summed E-state index contributed by atoms with van der Waals surface area (Å²) in [7, 11) is 0. The summed E-state index contributed by atoms with van der Waals surface area (Å²) in [6.07, 6.45) is 15.0. The van der Waals surface area contributed by atoms with Gasteiger partial charge in [0, 0.05) is 6.61 Å². The lowest BCUT2D eigenvalue weighted by Gasteiger charge is -2.39. The summed E-state index contributed by atoms with van der Waals surface area (Å²) in [5, 5.41) is 38.8. The first-order chi connectivity index (χ1) is 14.6. The molecule has 1 fully saturated rings. The molecular weight excluding hydrogens is 384 g/mol. The van der Waals surface area contributed by atoms with Gasteiger partial charge < -0.3 is 29.9 Å². The number of aliphatic hydroxyl groups excluding tert-OH is 4. The predicted molar refractivity (Wildman–Crippen MR) is 119 cm³/mol. The van der Waals surface area contributed by atoms with E-state index in [0.29, 0.717) is 6.61 Å². The topological polar surface area (TPSA) is 99.4 Å².